The predicted octanol–water partition coefficient (Wildman–Crippen LogP) is 4.72. The van der Waals surface area contributed by atoms with Crippen molar-refractivity contribution >= 4 is 17.6 Å². The molecule has 1 aromatic carbocycles. The summed E-state index contributed by atoms with van der Waals surface area (Å²) in [4.78, 5) is 25.3. The van der Waals surface area contributed by atoms with E-state index >= 15 is 0 Å². The van der Waals surface area contributed by atoms with Crippen molar-refractivity contribution in [1.29, 1.82) is 0 Å². The molecule has 0 spiro atoms. The summed E-state index contributed by atoms with van der Waals surface area (Å²) in [5.74, 6) is -0.174. The van der Waals surface area contributed by atoms with Gasteiger partial charge >= 0.3 is 5.97 Å². The smallest absolute Gasteiger partial charge is 0.341 e. The van der Waals surface area contributed by atoms with Crippen molar-refractivity contribution in [2.75, 3.05) is 25.6 Å². The quantitative estimate of drug-likeness (QED) is 0.487. The van der Waals surface area contributed by atoms with Crippen LogP contribution in [0.5, 0.6) is 5.75 Å². The Bertz CT molecular complexity index is 650. The molecule has 28 heavy (non-hydrogen) atoms. The highest BCUT2D eigenvalue weighted by molar-refractivity contribution is 5.99. The van der Waals surface area contributed by atoms with E-state index in [1.807, 2.05) is 13.8 Å². The zero-order valence-electron chi connectivity index (χ0n) is 17.3. The van der Waals surface area contributed by atoms with E-state index in [0.717, 1.165) is 51.4 Å². The molecule has 0 aromatic heterocycles. The molecule has 1 aliphatic rings. The Labute approximate surface area is 167 Å². The van der Waals surface area contributed by atoms with Gasteiger partial charge in [-0.15, -0.1) is 0 Å². The van der Waals surface area contributed by atoms with Crippen molar-refractivity contribution in [2.24, 2.45) is 0 Å². The second kappa shape index (κ2) is 11.1. The summed E-state index contributed by atoms with van der Waals surface area (Å²) in [7, 11) is 1.33. The molecule has 0 aliphatic heterocycles. The van der Waals surface area contributed by atoms with Gasteiger partial charge in [0.1, 0.15) is 16.9 Å². The van der Waals surface area contributed by atoms with Gasteiger partial charge < -0.3 is 19.5 Å². The fourth-order valence-corrected chi connectivity index (χ4v) is 3.49. The van der Waals surface area contributed by atoms with Gasteiger partial charge in [-0.2, -0.15) is 0 Å². The van der Waals surface area contributed by atoms with Crippen molar-refractivity contribution in [3.63, 3.8) is 0 Å². The van der Waals surface area contributed by atoms with Crippen LogP contribution >= 0.6 is 0 Å². The number of ether oxygens (including phenoxy) is 3. The molecular weight excluding hydrogens is 358 g/mol. The minimum Gasteiger partial charge on any atom is -0.493 e. The van der Waals surface area contributed by atoms with Gasteiger partial charge in [-0.3, -0.25) is 4.79 Å². The topological polar surface area (TPSA) is 73.9 Å². The van der Waals surface area contributed by atoms with Gasteiger partial charge in [0.15, 0.2) is 0 Å². The molecule has 0 unspecified atom stereocenters. The monoisotopic (exact) mass is 391 g/mol. The number of benzene rings is 1. The lowest BCUT2D eigenvalue weighted by Gasteiger charge is -2.31. The molecule has 1 aromatic rings. The Balaban J connectivity index is 2.23. The van der Waals surface area contributed by atoms with Crippen LogP contribution in [0.2, 0.25) is 0 Å². The SMILES string of the molecule is CCCOc1ccc(NC(=O)C2(OCCC)CCCCCC2)cc1C(=O)OC. The van der Waals surface area contributed by atoms with Gasteiger partial charge in [-0.05, 0) is 43.9 Å². The molecule has 0 saturated heterocycles. The summed E-state index contributed by atoms with van der Waals surface area (Å²) >= 11 is 0. The second-order valence-corrected chi connectivity index (χ2v) is 7.26. The van der Waals surface area contributed by atoms with Gasteiger partial charge in [0.25, 0.3) is 5.91 Å². The van der Waals surface area contributed by atoms with Gasteiger partial charge in [-0.1, -0.05) is 39.5 Å². The third kappa shape index (κ3) is 5.71. The number of nitrogens with one attached hydrogen (secondary N) is 1. The Morgan fingerprint density at radius 3 is 2.32 bits per heavy atom. The van der Waals surface area contributed by atoms with Crippen LogP contribution in [0, 0.1) is 0 Å². The molecule has 1 fully saturated rings. The first kappa shape index (κ1) is 22.2. The van der Waals surface area contributed by atoms with E-state index in [4.69, 9.17) is 14.2 Å². The number of carbonyl (C=O) groups excluding carboxylic acids is 2. The van der Waals surface area contributed by atoms with Gasteiger partial charge in [0, 0.05) is 12.3 Å². The lowest BCUT2D eigenvalue weighted by molar-refractivity contribution is -0.143. The van der Waals surface area contributed by atoms with E-state index in [2.05, 4.69) is 5.32 Å². The van der Waals surface area contributed by atoms with Crippen LogP contribution in [0.3, 0.4) is 0 Å². The van der Waals surface area contributed by atoms with E-state index in [1.54, 1.807) is 18.2 Å². The standard InChI is InChI=1S/C22H33NO5/c1-4-14-27-19-11-10-17(16-18(19)20(24)26-3)23-21(25)22(28-15-5-2)12-8-6-7-9-13-22/h10-11,16H,4-9,12-15H2,1-3H3,(H,23,25). The molecule has 6 heteroatoms. The third-order valence-corrected chi connectivity index (χ3v) is 5.01. The van der Waals surface area contributed by atoms with E-state index in [-0.39, 0.29) is 5.91 Å². The highest BCUT2D eigenvalue weighted by Gasteiger charge is 2.39. The zero-order chi connectivity index (χ0) is 20.4. The van der Waals surface area contributed by atoms with Crippen molar-refractivity contribution in [3.05, 3.63) is 23.8 Å². The third-order valence-electron chi connectivity index (χ3n) is 5.01. The van der Waals surface area contributed by atoms with Crippen LogP contribution in [-0.2, 0) is 14.3 Å². The number of esters is 1. The van der Waals surface area contributed by atoms with Crippen LogP contribution in [0.4, 0.5) is 5.69 Å². The maximum absolute atomic E-state index is 13.2. The summed E-state index contributed by atoms with van der Waals surface area (Å²) in [6.07, 6.45) is 7.35. The molecule has 0 heterocycles. The highest BCUT2D eigenvalue weighted by atomic mass is 16.5. The molecule has 6 nitrogen and oxygen atoms in total. The van der Waals surface area contributed by atoms with Gasteiger partial charge in [0.05, 0.1) is 13.7 Å². The molecule has 156 valence electrons. The number of anilines is 1. The van der Waals surface area contributed by atoms with Crippen LogP contribution in [0.15, 0.2) is 18.2 Å². The largest absolute Gasteiger partial charge is 0.493 e. The second-order valence-electron chi connectivity index (χ2n) is 7.26. The molecule has 0 atom stereocenters. The summed E-state index contributed by atoms with van der Waals surface area (Å²) in [5, 5.41) is 2.96. The highest BCUT2D eigenvalue weighted by Crippen LogP contribution is 2.33. The molecule has 2 rings (SSSR count). The fourth-order valence-electron chi connectivity index (χ4n) is 3.49. The number of methoxy groups -OCH3 is 1. The molecule has 1 saturated carbocycles. The van der Waals surface area contributed by atoms with Crippen molar-refractivity contribution < 1.29 is 23.8 Å². The number of rotatable bonds is 9. The van der Waals surface area contributed by atoms with Crippen LogP contribution in [0.1, 0.15) is 75.6 Å². The molecule has 0 radical (unpaired) electrons. The fraction of sp³-hybridized carbons (Fsp3) is 0.636. The van der Waals surface area contributed by atoms with Crippen LogP contribution in [0.25, 0.3) is 0 Å². The average Bonchev–Trinajstić information content (AvgIpc) is 2.97. The summed E-state index contributed by atoms with van der Waals surface area (Å²) < 4.78 is 16.6. The first-order valence-electron chi connectivity index (χ1n) is 10.4. The summed E-state index contributed by atoms with van der Waals surface area (Å²) in [6, 6.07) is 5.06. The maximum atomic E-state index is 13.2. The van der Waals surface area contributed by atoms with Crippen molar-refractivity contribution in [3.8, 4) is 5.75 Å². The Morgan fingerprint density at radius 1 is 1.04 bits per heavy atom. The first-order valence-corrected chi connectivity index (χ1v) is 10.4. The molecule has 1 amide bonds. The van der Waals surface area contributed by atoms with Crippen LogP contribution in [-0.4, -0.2) is 37.8 Å². The summed E-state index contributed by atoms with van der Waals surface area (Å²) in [6.45, 7) is 5.10. The normalized spacial score (nSPS) is 16.1. The van der Waals surface area contributed by atoms with Gasteiger partial charge in [-0.25, -0.2) is 4.79 Å². The molecule has 1 N–H and O–H groups in total. The van der Waals surface area contributed by atoms with E-state index in [0.29, 0.717) is 30.2 Å². The average molecular weight is 392 g/mol. The lowest BCUT2D eigenvalue weighted by atomic mass is 9.92. The molecule has 1 aliphatic carbocycles. The lowest BCUT2D eigenvalue weighted by Crippen LogP contribution is -2.45. The van der Waals surface area contributed by atoms with E-state index < -0.39 is 11.6 Å². The molecule has 0 bridgehead atoms. The number of carbonyl (C=O) groups is 2. The Kier molecular flexibility index (Phi) is 8.77. The van der Waals surface area contributed by atoms with Gasteiger partial charge in [0.2, 0.25) is 0 Å². The Morgan fingerprint density at radius 2 is 1.71 bits per heavy atom. The van der Waals surface area contributed by atoms with E-state index in [9.17, 15) is 9.59 Å². The maximum Gasteiger partial charge on any atom is 0.341 e. The van der Waals surface area contributed by atoms with Crippen LogP contribution < -0.4 is 10.1 Å². The first-order chi connectivity index (χ1) is 13.6. The predicted molar refractivity (Wildman–Crippen MR) is 109 cm³/mol. The number of hydrogen-bond acceptors (Lipinski definition) is 5. The minimum absolute atomic E-state index is 0.138. The minimum atomic E-state index is -0.796. The van der Waals surface area contributed by atoms with Crippen molar-refractivity contribution in [2.45, 2.75) is 70.8 Å². The summed E-state index contributed by atoms with van der Waals surface area (Å²) in [5.41, 5.74) is 0.0473. The zero-order valence-corrected chi connectivity index (χ0v) is 17.3. The Hall–Kier alpha value is -2.08. The van der Waals surface area contributed by atoms with Crippen molar-refractivity contribution in [1.82, 2.24) is 0 Å². The number of hydrogen-bond donors (Lipinski definition) is 1. The molecular formula is C22H33NO5. The van der Waals surface area contributed by atoms with E-state index in [1.165, 1.54) is 7.11 Å². The number of amides is 1.